The minimum atomic E-state index is -0.464. The van der Waals surface area contributed by atoms with E-state index in [0.717, 1.165) is 5.01 Å². The first-order chi connectivity index (χ1) is 7.97. The van der Waals surface area contributed by atoms with E-state index in [1.54, 1.807) is 6.20 Å². The zero-order chi connectivity index (χ0) is 12.5. The summed E-state index contributed by atoms with van der Waals surface area (Å²) in [5.74, 6) is 0.790. The molecule has 7 heteroatoms. The first-order valence-corrected chi connectivity index (χ1v) is 5.99. The Morgan fingerprint density at radius 1 is 1.41 bits per heavy atom. The van der Waals surface area contributed by atoms with Crippen molar-refractivity contribution in [2.45, 2.75) is 20.8 Å². The zero-order valence-corrected chi connectivity index (χ0v) is 10.6. The van der Waals surface area contributed by atoms with Gasteiger partial charge in [0.25, 0.3) is 0 Å². The Balaban J connectivity index is 2.12. The molecule has 0 radical (unpaired) electrons. The predicted octanol–water partition coefficient (Wildman–Crippen LogP) is 1.91. The standard InChI is InChI=1S/C10H13N5OS/c1-10(2,3)8(16)13-9-12-6(14-15-9)7-11-4-5-17-7/h4-5H,1-3H3,(H2,12,13,14,15,16). The van der Waals surface area contributed by atoms with E-state index in [4.69, 9.17) is 0 Å². The molecule has 0 aliphatic heterocycles. The van der Waals surface area contributed by atoms with E-state index in [1.807, 2.05) is 26.2 Å². The zero-order valence-electron chi connectivity index (χ0n) is 9.81. The van der Waals surface area contributed by atoms with Gasteiger partial charge in [-0.3, -0.25) is 10.1 Å². The average Bonchev–Trinajstić information content (AvgIpc) is 2.83. The monoisotopic (exact) mass is 251 g/mol. The number of carbonyl (C=O) groups is 1. The third kappa shape index (κ3) is 2.68. The van der Waals surface area contributed by atoms with Crippen molar-refractivity contribution in [1.29, 1.82) is 0 Å². The van der Waals surface area contributed by atoms with Gasteiger partial charge in [0, 0.05) is 17.0 Å². The highest BCUT2D eigenvalue weighted by Gasteiger charge is 2.22. The molecule has 0 saturated heterocycles. The van der Waals surface area contributed by atoms with Crippen molar-refractivity contribution in [3.63, 3.8) is 0 Å². The van der Waals surface area contributed by atoms with Crippen molar-refractivity contribution in [1.82, 2.24) is 20.2 Å². The molecular formula is C10H13N5OS. The molecule has 0 aliphatic rings. The van der Waals surface area contributed by atoms with Crippen LogP contribution in [0.4, 0.5) is 5.95 Å². The summed E-state index contributed by atoms with van der Waals surface area (Å²) in [7, 11) is 0. The topological polar surface area (TPSA) is 83.6 Å². The van der Waals surface area contributed by atoms with E-state index in [9.17, 15) is 4.79 Å². The maximum absolute atomic E-state index is 11.7. The number of nitrogens with zero attached hydrogens (tertiary/aromatic N) is 3. The molecule has 0 bridgehead atoms. The summed E-state index contributed by atoms with van der Waals surface area (Å²) in [5.41, 5.74) is -0.464. The van der Waals surface area contributed by atoms with Crippen LogP contribution < -0.4 is 5.32 Å². The van der Waals surface area contributed by atoms with Gasteiger partial charge < -0.3 is 4.98 Å². The highest BCUT2D eigenvalue weighted by molar-refractivity contribution is 7.12. The molecule has 2 aromatic heterocycles. The summed E-state index contributed by atoms with van der Waals surface area (Å²) in [6.45, 7) is 5.50. The second-order valence-electron chi connectivity index (χ2n) is 4.56. The Morgan fingerprint density at radius 2 is 2.18 bits per heavy atom. The summed E-state index contributed by atoms with van der Waals surface area (Å²) in [4.78, 5) is 18.7. The molecule has 0 aromatic carbocycles. The number of aromatic nitrogens is 4. The maximum atomic E-state index is 11.7. The van der Waals surface area contributed by atoms with Crippen molar-refractivity contribution in [2.75, 3.05) is 5.32 Å². The summed E-state index contributed by atoms with van der Waals surface area (Å²) >= 11 is 1.46. The van der Waals surface area contributed by atoms with Gasteiger partial charge in [0.1, 0.15) is 0 Å². The van der Waals surface area contributed by atoms with Gasteiger partial charge in [0.15, 0.2) is 10.8 Å². The lowest BCUT2D eigenvalue weighted by molar-refractivity contribution is -0.123. The Labute approximate surface area is 103 Å². The fraction of sp³-hybridized carbons (Fsp3) is 0.400. The van der Waals surface area contributed by atoms with Gasteiger partial charge in [-0.2, -0.15) is 0 Å². The number of amides is 1. The van der Waals surface area contributed by atoms with Crippen LogP contribution in [0.1, 0.15) is 20.8 Å². The average molecular weight is 251 g/mol. The molecule has 6 nitrogen and oxygen atoms in total. The number of carbonyl (C=O) groups excluding carboxylic acids is 1. The van der Waals surface area contributed by atoms with Crippen LogP contribution in [0.15, 0.2) is 11.6 Å². The van der Waals surface area contributed by atoms with E-state index in [2.05, 4.69) is 25.5 Å². The number of nitrogens with one attached hydrogen (secondary N) is 2. The van der Waals surface area contributed by atoms with Crippen molar-refractivity contribution < 1.29 is 4.79 Å². The molecule has 90 valence electrons. The minimum Gasteiger partial charge on any atom is -0.305 e. The molecule has 2 heterocycles. The fourth-order valence-corrected chi connectivity index (χ4v) is 1.63. The van der Waals surface area contributed by atoms with Gasteiger partial charge in [-0.25, -0.2) is 4.98 Å². The Morgan fingerprint density at radius 3 is 2.76 bits per heavy atom. The van der Waals surface area contributed by atoms with Crippen LogP contribution in [-0.4, -0.2) is 26.1 Å². The van der Waals surface area contributed by atoms with Crippen LogP contribution in [0.2, 0.25) is 0 Å². The molecule has 0 unspecified atom stereocenters. The highest BCUT2D eigenvalue weighted by atomic mass is 32.1. The molecule has 0 atom stereocenters. The van der Waals surface area contributed by atoms with Crippen LogP contribution in [0.5, 0.6) is 0 Å². The van der Waals surface area contributed by atoms with Gasteiger partial charge >= 0.3 is 0 Å². The number of rotatable bonds is 2. The van der Waals surface area contributed by atoms with Gasteiger partial charge in [-0.05, 0) is 0 Å². The van der Waals surface area contributed by atoms with Gasteiger partial charge in [-0.1, -0.05) is 20.8 Å². The SMILES string of the molecule is CC(C)(C)C(=O)Nc1nnc(-c2nccs2)[nH]1. The molecule has 2 rings (SSSR count). The van der Waals surface area contributed by atoms with Crippen molar-refractivity contribution in [2.24, 2.45) is 5.41 Å². The number of hydrogen-bond donors (Lipinski definition) is 2. The van der Waals surface area contributed by atoms with Crippen LogP contribution in [0.3, 0.4) is 0 Å². The number of H-pyrrole nitrogens is 1. The van der Waals surface area contributed by atoms with Gasteiger partial charge in [-0.15, -0.1) is 21.5 Å². The fourth-order valence-electron chi connectivity index (χ4n) is 1.05. The summed E-state index contributed by atoms with van der Waals surface area (Å²) < 4.78 is 0. The molecule has 2 N–H and O–H groups in total. The summed E-state index contributed by atoms with van der Waals surface area (Å²) in [5, 5.41) is 13.0. The van der Waals surface area contributed by atoms with Crippen molar-refractivity contribution in [3.05, 3.63) is 11.6 Å². The Kier molecular flexibility index (Phi) is 2.93. The quantitative estimate of drug-likeness (QED) is 0.854. The van der Waals surface area contributed by atoms with Crippen LogP contribution in [0.25, 0.3) is 10.8 Å². The molecule has 17 heavy (non-hydrogen) atoms. The number of anilines is 1. The largest absolute Gasteiger partial charge is 0.305 e. The third-order valence-electron chi connectivity index (χ3n) is 2.03. The normalized spacial score (nSPS) is 11.5. The molecule has 2 aromatic rings. The Hall–Kier alpha value is -1.76. The lowest BCUT2D eigenvalue weighted by Crippen LogP contribution is -2.28. The van der Waals surface area contributed by atoms with Gasteiger partial charge in [0.2, 0.25) is 11.9 Å². The Bertz CT molecular complexity index is 511. The molecular weight excluding hydrogens is 238 g/mol. The van der Waals surface area contributed by atoms with Crippen molar-refractivity contribution in [3.8, 4) is 10.8 Å². The minimum absolute atomic E-state index is 0.112. The molecule has 1 amide bonds. The van der Waals surface area contributed by atoms with Crippen molar-refractivity contribution >= 4 is 23.2 Å². The van der Waals surface area contributed by atoms with Crippen LogP contribution >= 0.6 is 11.3 Å². The third-order valence-corrected chi connectivity index (χ3v) is 2.81. The van der Waals surface area contributed by atoms with E-state index in [-0.39, 0.29) is 5.91 Å². The second-order valence-corrected chi connectivity index (χ2v) is 5.46. The first-order valence-electron chi connectivity index (χ1n) is 5.11. The lowest BCUT2D eigenvalue weighted by atomic mass is 9.96. The number of thiazole rings is 1. The second kappa shape index (κ2) is 4.25. The summed E-state index contributed by atoms with van der Waals surface area (Å²) in [6.07, 6.45) is 1.69. The lowest BCUT2D eigenvalue weighted by Gasteiger charge is -2.15. The summed E-state index contributed by atoms with van der Waals surface area (Å²) in [6, 6.07) is 0. The highest BCUT2D eigenvalue weighted by Crippen LogP contribution is 2.19. The molecule has 0 spiro atoms. The number of hydrogen-bond acceptors (Lipinski definition) is 5. The first kappa shape index (κ1) is 11.7. The van der Waals surface area contributed by atoms with E-state index in [0.29, 0.717) is 11.8 Å². The maximum Gasteiger partial charge on any atom is 0.232 e. The molecule has 0 aliphatic carbocycles. The predicted molar refractivity (Wildman–Crippen MR) is 65.6 cm³/mol. The van der Waals surface area contributed by atoms with E-state index in [1.165, 1.54) is 11.3 Å². The molecule has 0 fully saturated rings. The van der Waals surface area contributed by atoms with E-state index >= 15 is 0 Å². The van der Waals surface area contributed by atoms with Gasteiger partial charge in [0.05, 0.1) is 0 Å². The smallest absolute Gasteiger partial charge is 0.232 e. The van der Waals surface area contributed by atoms with Crippen LogP contribution in [-0.2, 0) is 4.79 Å². The van der Waals surface area contributed by atoms with E-state index < -0.39 is 5.41 Å². The number of aromatic amines is 1. The molecule has 0 saturated carbocycles. The van der Waals surface area contributed by atoms with Crippen LogP contribution in [0, 0.1) is 5.41 Å².